The number of ether oxygens (including phenoxy) is 4. The van der Waals surface area contributed by atoms with Crippen LogP contribution in [0.15, 0.2) is 90.2 Å². The van der Waals surface area contributed by atoms with Crippen molar-refractivity contribution in [1.82, 2.24) is 0 Å². The molecule has 0 spiro atoms. The second-order valence-electron chi connectivity index (χ2n) is 7.07. The molecular formula is C27H18O11. The van der Waals surface area contributed by atoms with Gasteiger partial charge in [0, 0.05) is 42.0 Å². The van der Waals surface area contributed by atoms with Crippen LogP contribution in [0.3, 0.4) is 0 Å². The Kier molecular flexibility index (Phi) is 8.03. The lowest BCUT2D eigenvalue weighted by molar-refractivity contribution is -0.131. The molecule has 0 atom stereocenters. The summed E-state index contributed by atoms with van der Waals surface area (Å²) in [6.07, 6.45) is 3.45. The van der Waals surface area contributed by atoms with Gasteiger partial charge in [-0.3, -0.25) is 4.79 Å². The zero-order valence-corrected chi connectivity index (χ0v) is 19.6. The van der Waals surface area contributed by atoms with Crippen LogP contribution in [0.4, 0.5) is 0 Å². The molecule has 11 heteroatoms. The number of esters is 4. The summed E-state index contributed by atoms with van der Waals surface area (Å²) in [5, 5.41) is 10.3. The van der Waals surface area contributed by atoms with Crippen LogP contribution in [0, 0.1) is 0 Å². The number of carbonyl (C=O) groups excluding carboxylic acids is 4. The fraction of sp³-hybridized carbons (Fsp3) is 0. The third-order valence-corrected chi connectivity index (χ3v) is 4.63. The van der Waals surface area contributed by atoms with Crippen LogP contribution in [0.2, 0.25) is 0 Å². The number of hydrogen-bond acceptors (Lipinski definition) is 11. The van der Waals surface area contributed by atoms with Crippen LogP contribution in [-0.2, 0) is 19.2 Å². The van der Waals surface area contributed by atoms with Gasteiger partial charge in [-0.15, -0.1) is 0 Å². The van der Waals surface area contributed by atoms with E-state index in [1.807, 2.05) is 0 Å². The van der Waals surface area contributed by atoms with Crippen molar-refractivity contribution in [2.24, 2.45) is 0 Å². The van der Waals surface area contributed by atoms with E-state index in [1.165, 1.54) is 12.1 Å². The predicted octanol–water partition coefficient (Wildman–Crippen LogP) is 3.53. The fourth-order valence-electron chi connectivity index (χ4n) is 3.01. The topological polar surface area (TPSA) is 156 Å². The van der Waals surface area contributed by atoms with Crippen molar-refractivity contribution in [2.75, 3.05) is 0 Å². The lowest BCUT2D eigenvalue weighted by Gasteiger charge is -2.13. The van der Waals surface area contributed by atoms with Gasteiger partial charge >= 0.3 is 23.9 Å². The van der Waals surface area contributed by atoms with Gasteiger partial charge in [0.1, 0.15) is 22.5 Å². The average Bonchev–Trinajstić information content (AvgIpc) is 2.90. The van der Waals surface area contributed by atoms with Crippen LogP contribution in [-0.4, -0.2) is 29.0 Å². The lowest BCUT2D eigenvalue weighted by Crippen LogP contribution is -2.11. The van der Waals surface area contributed by atoms with E-state index in [2.05, 4.69) is 26.3 Å². The highest BCUT2D eigenvalue weighted by atomic mass is 16.6. The molecule has 1 N–H and O–H groups in total. The monoisotopic (exact) mass is 518 g/mol. The van der Waals surface area contributed by atoms with Gasteiger partial charge in [-0.2, -0.15) is 0 Å². The maximum atomic E-state index is 13.1. The highest BCUT2D eigenvalue weighted by molar-refractivity contribution is 5.94. The van der Waals surface area contributed by atoms with E-state index in [-0.39, 0.29) is 39.5 Å². The maximum absolute atomic E-state index is 13.1. The third-order valence-electron chi connectivity index (χ3n) is 4.63. The minimum Gasteiger partial charge on any atom is -0.502 e. The van der Waals surface area contributed by atoms with Crippen LogP contribution in [0.1, 0.15) is 0 Å². The van der Waals surface area contributed by atoms with E-state index < -0.39 is 40.8 Å². The highest BCUT2D eigenvalue weighted by Crippen LogP contribution is 2.39. The summed E-state index contributed by atoms with van der Waals surface area (Å²) >= 11 is 0. The highest BCUT2D eigenvalue weighted by Gasteiger charge is 2.23. The Hall–Kier alpha value is -5.71. The van der Waals surface area contributed by atoms with Crippen molar-refractivity contribution in [1.29, 1.82) is 0 Å². The molecule has 0 bridgehead atoms. The van der Waals surface area contributed by atoms with E-state index in [1.54, 1.807) is 0 Å². The summed E-state index contributed by atoms with van der Waals surface area (Å²) in [5.41, 5.74) is -1.26. The SMILES string of the molecule is C=CC(=O)Oc1cc(OC(=O)C=C)c2c(=O)c(O)c(-c3ccc(OC(=O)C=C)c(OC(=O)C=C)c3)oc2c1. The predicted molar refractivity (Wildman–Crippen MR) is 133 cm³/mol. The van der Waals surface area contributed by atoms with E-state index in [0.717, 1.165) is 42.5 Å². The molecular weight excluding hydrogens is 500 g/mol. The number of carbonyl (C=O) groups is 4. The maximum Gasteiger partial charge on any atom is 0.335 e. The van der Waals surface area contributed by atoms with E-state index in [0.29, 0.717) is 0 Å². The molecule has 1 aromatic heterocycles. The minimum atomic E-state index is -1.01. The smallest absolute Gasteiger partial charge is 0.335 e. The van der Waals surface area contributed by atoms with Crippen LogP contribution in [0.5, 0.6) is 28.7 Å². The van der Waals surface area contributed by atoms with Gasteiger partial charge in [0.25, 0.3) is 0 Å². The quantitative estimate of drug-likeness (QED) is 0.251. The van der Waals surface area contributed by atoms with Gasteiger partial charge in [-0.05, 0) is 18.2 Å². The van der Waals surface area contributed by atoms with Crippen LogP contribution >= 0.6 is 0 Å². The number of rotatable bonds is 9. The number of aromatic hydroxyl groups is 1. The Bertz CT molecular complexity index is 1590. The molecule has 11 nitrogen and oxygen atoms in total. The molecule has 3 aromatic rings. The zero-order chi connectivity index (χ0) is 28.0. The molecule has 0 aliphatic heterocycles. The van der Waals surface area contributed by atoms with Crippen molar-refractivity contribution < 1.29 is 47.6 Å². The lowest BCUT2D eigenvalue weighted by atomic mass is 10.1. The van der Waals surface area contributed by atoms with Crippen LogP contribution < -0.4 is 24.4 Å². The first kappa shape index (κ1) is 26.9. The summed E-state index contributed by atoms with van der Waals surface area (Å²) < 4.78 is 26.0. The largest absolute Gasteiger partial charge is 0.502 e. The van der Waals surface area contributed by atoms with Gasteiger partial charge in [0.05, 0.1) is 0 Å². The first-order chi connectivity index (χ1) is 18.1. The first-order valence-corrected chi connectivity index (χ1v) is 10.5. The summed E-state index contributed by atoms with van der Waals surface area (Å²) in [4.78, 5) is 60.1. The molecule has 192 valence electrons. The minimum absolute atomic E-state index is 0.00453. The molecule has 0 radical (unpaired) electrons. The summed E-state index contributed by atoms with van der Waals surface area (Å²) in [7, 11) is 0. The van der Waals surface area contributed by atoms with Crippen molar-refractivity contribution in [3.63, 3.8) is 0 Å². The molecule has 2 aromatic carbocycles. The average molecular weight is 518 g/mol. The Morgan fingerprint density at radius 3 is 1.82 bits per heavy atom. The normalized spacial score (nSPS) is 10.1. The third kappa shape index (κ3) is 5.74. The molecule has 0 aliphatic rings. The molecule has 0 unspecified atom stereocenters. The van der Waals surface area contributed by atoms with Crippen molar-refractivity contribution in [3.8, 4) is 40.1 Å². The molecule has 1 heterocycles. The van der Waals surface area contributed by atoms with E-state index >= 15 is 0 Å². The molecule has 3 rings (SSSR count). The van der Waals surface area contributed by atoms with Crippen molar-refractivity contribution in [2.45, 2.75) is 0 Å². The van der Waals surface area contributed by atoms with E-state index in [9.17, 15) is 29.1 Å². The number of hydrogen-bond donors (Lipinski definition) is 1. The molecule has 0 aliphatic carbocycles. The van der Waals surface area contributed by atoms with Crippen molar-refractivity contribution >= 4 is 34.8 Å². The second kappa shape index (κ2) is 11.4. The summed E-state index contributed by atoms with van der Waals surface area (Å²) in [6.45, 7) is 13.1. The van der Waals surface area contributed by atoms with Gasteiger partial charge in [-0.25, -0.2) is 19.2 Å². The molecule has 0 amide bonds. The Balaban J connectivity index is 2.27. The number of fused-ring (bicyclic) bond motifs is 1. The van der Waals surface area contributed by atoms with Gasteiger partial charge in [-0.1, -0.05) is 26.3 Å². The van der Waals surface area contributed by atoms with E-state index in [4.69, 9.17) is 23.4 Å². The van der Waals surface area contributed by atoms with Crippen LogP contribution in [0.25, 0.3) is 22.3 Å². The Labute approximate surface area is 214 Å². The fourth-order valence-corrected chi connectivity index (χ4v) is 3.01. The van der Waals surface area contributed by atoms with Gasteiger partial charge in [0.2, 0.25) is 11.2 Å². The van der Waals surface area contributed by atoms with Gasteiger partial charge in [0.15, 0.2) is 17.3 Å². The molecule has 0 saturated heterocycles. The van der Waals surface area contributed by atoms with Gasteiger partial charge < -0.3 is 28.5 Å². The molecule has 0 saturated carbocycles. The first-order valence-electron chi connectivity index (χ1n) is 10.5. The summed E-state index contributed by atoms with van der Waals surface area (Å²) in [5.74, 6) is -5.89. The Morgan fingerprint density at radius 1 is 0.711 bits per heavy atom. The number of benzene rings is 2. The van der Waals surface area contributed by atoms with Crippen molar-refractivity contribution in [3.05, 3.63) is 91.2 Å². The Morgan fingerprint density at radius 2 is 1.24 bits per heavy atom. The standard InChI is InChI=1S/C27H18O11/c1-5-20(28)34-15-12-18(37-23(31)8-4)24-19(13-15)38-27(26(33)25(24)32)14-9-10-16(35-21(29)6-2)17(11-14)36-22(30)7-3/h5-13,33H,1-4H2. The molecule has 0 fully saturated rings. The molecule has 38 heavy (non-hydrogen) atoms. The zero-order valence-electron chi connectivity index (χ0n) is 19.6. The second-order valence-corrected chi connectivity index (χ2v) is 7.07. The summed E-state index contributed by atoms with van der Waals surface area (Å²) in [6, 6.07) is 5.87.